The Bertz CT molecular complexity index is 391. The van der Waals surface area contributed by atoms with Crippen molar-refractivity contribution in [2.24, 2.45) is 5.16 Å². The Morgan fingerprint density at radius 2 is 2.12 bits per heavy atom. The molecule has 1 aromatic heterocycles. The van der Waals surface area contributed by atoms with Crippen LogP contribution in [0, 0.1) is 0 Å². The van der Waals surface area contributed by atoms with Crippen molar-refractivity contribution in [1.82, 2.24) is 10.2 Å². The van der Waals surface area contributed by atoms with Crippen molar-refractivity contribution in [3.8, 4) is 0 Å². The van der Waals surface area contributed by atoms with Crippen LogP contribution >= 0.6 is 0 Å². The van der Waals surface area contributed by atoms with Crippen LogP contribution in [0.25, 0.3) is 0 Å². The van der Waals surface area contributed by atoms with Gasteiger partial charge in [0.25, 0.3) is 0 Å². The third-order valence-electron chi connectivity index (χ3n) is 3.48. The van der Waals surface area contributed by atoms with Crippen molar-refractivity contribution < 1.29 is 4.84 Å². The van der Waals surface area contributed by atoms with Gasteiger partial charge in [-0.2, -0.15) is 5.10 Å². The Balaban J connectivity index is 1.73. The van der Waals surface area contributed by atoms with Gasteiger partial charge >= 0.3 is 0 Å². The molecule has 2 aliphatic rings. The summed E-state index contributed by atoms with van der Waals surface area (Å²) >= 11 is 0. The number of aromatic amines is 1. The highest BCUT2D eigenvalue weighted by atomic mass is 16.6. The van der Waals surface area contributed by atoms with Crippen LogP contribution < -0.4 is 0 Å². The topological polar surface area (TPSA) is 50.3 Å². The Morgan fingerprint density at radius 1 is 1.25 bits per heavy atom. The van der Waals surface area contributed by atoms with E-state index in [4.69, 9.17) is 4.84 Å². The van der Waals surface area contributed by atoms with Gasteiger partial charge in [-0.15, -0.1) is 0 Å². The number of hydrogen-bond donors (Lipinski definition) is 1. The normalized spacial score (nSPS) is 23.6. The fraction of sp³-hybridized carbons (Fsp3) is 0.667. The smallest absolute Gasteiger partial charge is 0.127 e. The maximum atomic E-state index is 5.61. The van der Waals surface area contributed by atoms with E-state index in [0.29, 0.717) is 6.10 Å². The molecule has 1 aromatic rings. The van der Waals surface area contributed by atoms with Crippen molar-refractivity contribution in [2.45, 2.75) is 51.0 Å². The second kappa shape index (κ2) is 4.28. The Hall–Kier alpha value is -1.32. The van der Waals surface area contributed by atoms with Crippen molar-refractivity contribution in [3.05, 3.63) is 17.5 Å². The first-order valence-corrected chi connectivity index (χ1v) is 6.19. The zero-order chi connectivity index (χ0) is 10.8. The number of rotatable bonds is 2. The minimum absolute atomic E-state index is 0.352. The Kier molecular flexibility index (Phi) is 2.64. The average Bonchev–Trinajstić information content (AvgIpc) is 2.97. The van der Waals surface area contributed by atoms with Crippen LogP contribution in [-0.4, -0.2) is 22.0 Å². The summed E-state index contributed by atoms with van der Waals surface area (Å²) in [6.45, 7) is 0. The summed E-state index contributed by atoms with van der Waals surface area (Å²) in [5.41, 5.74) is 3.44. The fourth-order valence-electron chi connectivity index (χ4n) is 2.55. The predicted octanol–water partition coefficient (Wildman–Crippen LogP) is 2.41. The molecule has 16 heavy (non-hydrogen) atoms. The molecule has 0 bridgehead atoms. The van der Waals surface area contributed by atoms with Crippen molar-refractivity contribution in [2.75, 3.05) is 0 Å². The van der Waals surface area contributed by atoms with Crippen molar-refractivity contribution in [1.29, 1.82) is 0 Å². The van der Waals surface area contributed by atoms with Gasteiger partial charge in [0.15, 0.2) is 0 Å². The molecule has 3 rings (SSSR count). The van der Waals surface area contributed by atoms with Crippen LogP contribution in [0.2, 0.25) is 0 Å². The van der Waals surface area contributed by atoms with Crippen molar-refractivity contribution in [3.63, 3.8) is 0 Å². The lowest BCUT2D eigenvalue weighted by molar-refractivity contribution is 0.0640. The van der Waals surface area contributed by atoms with E-state index < -0.39 is 0 Å². The predicted molar refractivity (Wildman–Crippen MR) is 61.4 cm³/mol. The summed E-state index contributed by atoms with van der Waals surface area (Å²) in [6, 6.07) is 0. The molecule has 0 atom stereocenters. The van der Waals surface area contributed by atoms with Gasteiger partial charge in [0.2, 0.25) is 0 Å². The molecule has 2 aliphatic carbocycles. The minimum atomic E-state index is 0.352. The number of aryl methyl sites for hydroxylation is 1. The maximum absolute atomic E-state index is 5.61. The Labute approximate surface area is 95.1 Å². The second-order valence-electron chi connectivity index (χ2n) is 4.67. The van der Waals surface area contributed by atoms with Gasteiger partial charge in [-0.1, -0.05) is 5.16 Å². The van der Waals surface area contributed by atoms with Crippen LogP contribution in [0.4, 0.5) is 0 Å². The summed E-state index contributed by atoms with van der Waals surface area (Å²) < 4.78 is 0. The van der Waals surface area contributed by atoms with Crippen LogP contribution in [0.1, 0.15) is 49.8 Å². The van der Waals surface area contributed by atoms with Gasteiger partial charge in [-0.05, 0) is 44.9 Å². The molecule has 1 saturated carbocycles. The van der Waals surface area contributed by atoms with Crippen LogP contribution in [0.15, 0.2) is 11.4 Å². The molecular formula is C12H17N3O. The molecule has 0 aliphatic heterocycles. The average molecular weight is 219 g/mol. The first-order chi connectivity index (χ1) is 7.93. The lowest BCUT2D eigenvalue weighted by Crippen LogP contribution is -2.13. The third-order valence-corrected chi connectivity index (χ3v) is 3.48. The van der Waals surface area contributed by atoms with E-state index in [1.54, 1.807) is 0 Å². The first kappa shape index (κ1) is 9.87. The lowest BCUT2D eigenvalue weighted by Gasteiger charge is -2.14. The lowest BCUT2D eigenvalue weighted by atomic mass is 9.96. The first-order valence-electron chi connectivity index (χ1n) is 6.19. The molecule has 1 fully saturated rings. The zero-order valence-electron chi connectivity index (χ0n) is 9.41. The summed E-state index contributed by atoms with van der Waals surface area (Å²) in [6.07, 6.45) is 10.3. The van der Waals surface area contributed by atoms with E-state index in [0.717, 1.165) is 43.4 Å². The minimum Gasteiger partial charge on any atom is -0.392 e. The third kappa shape index (κ3) is 1.84. The summed E-state index contributed by atoms with van der Waals surface area (Å²) in [5.74, 6) is 0. The standard InChI is InChI=1S/C12H17N3O/c1-2-5-9(4-1)16-15-12-7-3-6-11-10(12)8-13-14-11/h8-9H,1-7H2,(H,13,14)/b15-12-. The molecule has 0 spiro atoms. The van der Waals surface area contributed by atoms with E-state index in [9.17, 15) is 0 Å². The van der Waals surface area contributed by atoms with Crippen LogP contribution in [0.5, 0.6) is 0 Å². The van der Waals surface area contributed by atoms with Gasteiger partial charge in [0.1, 0.15) is 6.10 Å². The van der Waals surface area contributed by atoms with E-state index in [1.165, 1.54) is 18.5 Å². The summed E-state index contributed by atoms with van der Waals surface area (Å²) in [4.78, 5) is 5.61. The molecule has 4 heteroatoms. The highest BCUT2D eigenvalue weighted by Crippen LogP contribution is 2.23. The van der Waals surface area contributed by atoms with Gasteiger partial charge in [0.05, 0.1) is 11.9 Å². The second-order valence-corrected chi connectivity index (χ2v) is 4.67. The molecule has 1 heterocycles. The number of hydrogen-bond acceptors (Lipinski definition) is 3. The molecule has 0 saturated heterocycles. The van der Waals surface area contributed by atoms with Crippen LogP contribution in [-0.2, 0) is 11.3 Å². The maximum Gasteiger partial charge on any atom is 0.127 e. The van der Waals surface area contributed by atoms with Gasteiger partial charge < -0.3 is 4.84 Å². The summed E-state index contributed by atoms with van der Waals surface area (Å²) in [5, 5.41) is 11.4. The largest absolute Gasteiger partial charge is 0.392 e. The quantitative estimate of drug-likeness (QED) is 0.776. The van der Waals surface area contributed by atoms with Crippen molar-refractivity contribution >= 4 is 5.71 Å². The molecule has 1 N–H and O–H groups in total. The molecule has 0 unspecified atom stereocenters. The number of H-pyrrole nitrogens is 1. The molecule has 0 radical (unpaired) electrons. The fourth-order valence-corrected chi connectivity index (χ4v) is 2.55. The van der Waals surface area contributed by atoms with Crippen LogP contribution in [0.3, 0.4) is 0 Å². The van der Waals surface area contributed by atoms with E-state index in [2.05, 4.69) is 15.4 Å². The molecule has 0 amide bonds. The highest BCUT2D eigenvalue weighted by Gasteiger charge is 2.20. The van der Waals surface area contributed by atoms with E-state index in [1.807, 2.05) is 6.20 Å². The molecule has 86 valence electrons. The Morgan fingerprint density at radius 3 is 3.00 bits per heavy atom. The number of oxime groups is 1. The monoisotopic (exact) mass is 219 g/mol. The number of nitrogens with one attached hydrogen (secondary N) is 1. The summed E-state index contributed by atoms with van der Waals surface area (Å²) in [7, 11) is 0. The number of aromatic nitrogens is 2. The van der Waals surface area contributed by atoms with Gasteiger partial charge in [-0.3, -0.25) is 5.10 Å². The zero-order valence-corrected chi connectivity index (χ0v) is 9.41. The SMILES string of the molecule is c1n[nH]c2c1/C(=N\OC1CCCC1)CCC2. The van der Waals surface area contributed by atoms with E-state index in [-0.39, 0.29) is 0 Å². The molecular weight excluding hydrogens is 202 g/mol. The molecule has 4 nitrogen and oxygen atoms in total. The van der Waals surface area contributed by atoms with Gasteiger partial charge in [-0.25, -0.2) is 0 Å². The highest BCUT2D eigenvalue weighted by molar-refractivity contribution is 6.01. The molecule has 0 aromatic carbocycles. The van der Waals surface area contributed by atoms with E-state index >= 15 is 0 Å². The number of nitrogens with zero attached hydrogens (tertiary/aromatic N) is 2. The number of fused-ring (bicyclic) bond motifs is 1. The van der Waals surface area contributed by atoms with Gasteiger partial charge in [0, 0.05) is 11.3 Å².